The van der Waals surface area contributed by atoms with Gasteiger partial charge in [0.25, 0.3) is 0 Å². The molecule has 0 radical (unpaired) electrons. The SMILES string of the molecule is c1ccc(-c2cccc(-c3nc(-c4ccccc4)nc(-c4ccc5c(c4)oc4ccc(-c6nc(-c7ccccc7)nc(-c7ccccc7)n6)cc45)n3)c2)cc1. The highest BCUT2D eigenvalue weighted by molar-refractivity contribution is 6.07. The Morgan fingerprint density at radius 2 is 0.618 bits per heavy atom. The molecule has 3 heterocycles. The van der Waals surface area contributed by atoms with Crippen LogP contribution in [-0.2, 0) is 0 Å². The van der Waals surface area contributed by atoms with Gasteiger partial charge in [0.1, 0.15) is 11.2 Å². The van der Waals surface area contributed by atoms with Gasteiger partial charge >= 0.3 is 0 Å². The molecule has 7 nitrogen and oxygen atoms in total. The van der Waals surface area contributed by atoms with Crippen LogP contribution < -0.4 is 0 Å². The van der Waals surface area contributed by atoms with Gasteiger partial charge in [-0.25, -0.2) is 29.9 Å². The van der Waals surface area contributed by atoms with Crippen molar-refractivity contribution in [1.82, 2.24) is 29.9 Å². The van der Waals surface area contributed by atoms with E-state index in [4.69, 9.17) is 34.3 Å². The molecular weight excluding hydrogens is 677 g/mol. The van der Waals surface area contributed by atoms with Gasteiger partial charge in [-0.15, -0.1) is 0 Å². The van der Waals surface area contributed by atoms with Gasteiger partial charge in [-0.2, -0.15) is 0 Å². The zero-order chi connectivity index (χ0) is 36.6. The monoisotopic (exact) mass is 706 g/mol. The molecule has 0 fully saturated rings. The maximum absolute atomic E-state index is 6.46. The topological polar surface area (TPSA) is 90.5 Å². The van der Waals surface area contributed by atoms with Gasteiger partial charge in [-0.3, -0.25) is 0 Å². The van der Waals surface area contributed by atoms with Crippen LogP contribution in [0.2, 0.25) is 0 Å². The van der Waals surface area contributed by atoms with E-state index in [2.05, 4.69) is 36.4 Å². The number of nitrogens with zero attached hydrogens (tertiary/aromatic N) is 6. The minimum Gasteiger partial charge on any atom is -0.456 e. The molecule has 0 saturated carbocycles. The Morgan fingerprint density at radius 1 is 0.236 bits per heavy atom. The molecule has 0 N–H and O–H groups in total. The Kier molecular flexibility index (Phi) is 8.00. The number of benzene rings is 7. The summed E-state index contributed by atoms with van der Waals surface area (Å²) in [5.41, 5.74) is 9.06. The third-order valence-corrected chi connectivity index (χ3v) is 9.58. The van der Waals surface area contributed by atoms with Gasteiger partial charge in [0.05, 0.1) is 0 Å². The molecule has 0 aliphatic heterocycles. The highest BCUT2D eigenvalue weighted by Gasteiger charge is 2.17. The highest BCUT2D eigenvalue weighted by atomic mass is 16.3. The quantitative estimate of drug-likeness (QED) is 0.163. The summed E-state index contributed by atoms with van der Waals surface area (Å²) in [5, 5.41) is 1.93. The highest BCUT2D eigenvalue weighted by Crippen LogP contribution is 2.35. The Morgan fingerprint density at radius 3 is 1.13 bits per heavy atom. The first-order valence-corrected chi connectivity index (χ1v) is 18.0. The summed E-state index contributed by atoms with van der Waals surface area (Å²) in [7, 11) is 0. The predicted octanol–water partition coefficient (Wildman–Crippen LogP) is 11.6. The van der Waals surface area contributed by atoms with Crippen LogP contribution >= 0.6 is 0 Å². The van der Waals surface area contributed by atoms with E-state index >= 15 is 0 Å². The van der Waals surface area contributed by atoms with E-state index in [1.165, 1.54) is 0 Å². The van der Waals surface area contributed by atoms with Crippen LogP contribution in [-0.4, -0.2) is 29.9 Å². The summed E-state index contributed by atoms with van der Waals surface area (Å²) in [4.78, 5) is 29.7. The summed E-state index contributed by atoms with van der Waals surface area (Å²) in [6, 6.07) is 60.8. The second-order valence-corrected chi connectivity index (χ2v) is 13.2. The third kappa shape index (κ3) is 6.30. The van der Waals surface area contributed by atoms with Crippen molar-refractivity contribution in [2.75, 3.05) is 0 Å². The molecule has 0 unspecified atom stereocenters. The number of hydrogen-bond acceptors (Lipinski definition) is 7. The summed E-state index contributed by atoms with van der Waals surface area (Å²) < 4.78 is 6.46. The van der Waals surface area contributed by atoms with Crippen LogP contribution in [0.5, 0.6) is 0 Å². The van der Waals surface area contributed by atoms with Crippen molar-refractivity contribution in [1.29, 1.82) is 0 Å². The second kappa shape index (κ2) is 13.7. The molecule has 0 bridgehead atoms. The Labute approximate surface area is 316 Å². The fraction of sp³-hybridized carbons (Fsp3) is 0. The number of fused-ring (bicyclic) bond motifs is 3. The minimum absolute atomic E-state index is 0.559. The largest absolute Gasteiger partial charge is 0.456 e. The molecule has 258 valence electrons. The van der Waals surface area contributed by atoms with E-state index in [-0.39, 0.29) is 0 Å². The van der Waals surface area contributed by atoms with Crippen molar-refractivity contribution < 1.29 is 4.42 Å². The molecule has 10 rings (SSSR count). The van der Waals surface area contributed by atoms with Crippen LogP contribution in [0, 0.1) is 0 Å². The molecule has 7 aromatic carbocycles. The number of aromatic nitrogens is 6. The maximum atomic E-state index is 6.46. The van der Waals surface area contributed by atoms with Gasteiger partial charge in [0.2, 0.25) is 0 Å². The minimum atomic E-state index is 0.559. The van der Waals surface area contributed by atoms with Crippen LogP contribution in [0.1, 0.15) is 0 Å². The lowest BCUT2D eigenvalue weighted by Crippen LogP contribution is -2.00. The average Bonchev–Trinajstić information content (AvgIpc) is 3.64. The lowest BCUT2D eigenvalue weighted by atomic mass is 10.0. The van der Waals surface area contributed by atoms with Crippen LogP contribution in [0.15, 0.2) is 186 Å². The average molecular weight is 707 g/mol. The van der Waals surface area contributed by atoms with E-state index in [0.717, 1.165) is 66.4 Å². The van der Waals surface area contributed by atoms with E-state index < -0.39 is 0 Å². The molecule has 3 aromatic heterocycles. The van der Waals surface area contributed by atoms with Crippen LogP contribution in [0.3, 0.4) is 0 Å². The smallest absolute Gasteiger partial charge is 0.164 e. The molecule has 0 amide bonds. The van der Waals surface area contributed by atoms with E-state index in [9.17, 15) is 0 Å². The number of rotatable bonds is 7. The Hall–Kier alpha value is -7.64. The molecule has 0 aliphatic rings. The Bertz CT molecular complexity index is 2910. The maximum Gasteiger partial charge on any atom is 0.164 e. The predicted molar refractivity (Wildman–Crippen MR) is 219 cm³/mol. The van der Waals surface area contributed by atoms with Crippen LogP contribution in [0.4, 0.5) is 0 Å². The first-order valence-electron chi connectivity index (χ1n) is 18.0. The standard InChI is InChI=1S/C48H30N6O/c1-5-14-31(15-6-1)35-22-13-23-36(28-35)46-50-45(34-20-11-4-12-21-34)53-48(54-46)38-24-26-39-40-29-37(25-27-41(40)55-42(39)30-38)47-51-43(32-16-7-2-8-17-32)49-44(52-47)33-18-9-3-10-19-33/h1-30H. The van der Waals surface area contributed by atoms with Crippen molar-refractivity contribution >= 4 is 21.9 Å². The van der Waals surface area contributed by atoms with Gasteiger partial charge in [0, 0.05) is 44.2 Å². The van der Waals surface area contributed by atoms with Crippen molar-refractivity contribution in [3.63, 3.8) is 0 Å². The first kappa shape index (κ1) is 32.0. The third-order valence-electron chi connectivity index (χ3n) is 9.58. The molecule has 0 spiro atoms. The van der Waals surface area contributed by atoms with Crippen molar-refractivity contribution in [2.45, 2.75) is 0 Å². The fourth-order valence-electron chi connectivity index (χ4n) is 6.81. The van der Waals surface area contributed by atoms with E-state index in [0.29, 0.717) is 34.9 Å². The molecular formula is C48H30N6O. The molecule has 10 aromatic rings. The summed E-state index contributed by atoms with van der Waals surface area (Å²) in [5.74, 6) is 3.57. The summed E-state index contributed by atoms with van der Waals surface area (Å²) in [6.07, 6.45) is 0. The zero-order valence-corrected chi connectivity index (χ0v) is 29.4. The van der Waals surface area contributed by atoms with Gasteiger partial charge in [-0.05, 0) is 47.5 Å². The van der Waals surface area contributed by atoms with Crippen molar-refractivity contribution in [3.05, 3.63) is 182 Å². The number of furan rings is 1. The first-order chi connectivity index (χ1) is 27.2. The summed E-state index contributed by atoms with van der Waals surface area (Å²) in [6.45, 7) is 0. The van der Waals surface area contributed by atoms with E-state index in [1.54, 1.807) is 0 Å². The molecule has 7 heteroatoms. The van der Waals surface area contributed by atoms with Gasteiger partial charge in [0.15, 0.2) is 34.9 Å². The van der Waals surface area contributed by atoms with E-state index in [1.807, 2.05) is 146 Å². The lowest BCUT2D eigenvalue weighted by molar-refractivity contribution is 0.669. The van der Waals surface area contributed by atoms with Crippen molar-refractivity contribution in [3.8, 4) is 79.5 Å². The molecule has 55 heavy (non-hydrogen) atoms. The van der Waals surface area contributed by atoms with Crippen LogP contribution in [0.25, 0.3) is 101 Å². The normalized spacial score (nSPS) is 11.3. The second-order valence-electron chi connectivity index (χ2n) is 13.2. The Balaban J connectivity index is 1.07. The van der Waals surface area contributed by atoms with Gasteiger partial charge in [-0.1, -0.05) is 146 Å². The number of hydrogen-bond donors (Lipinski definition) is 0. The molecule has 0 atom stereocenters. The fourth-order valence-corrected chi connectivity index (χ4v) is 6.81. The van der Waals surface area contributed by atoms with Gasteiger partial charge < -0.3 is 4.42 Å². The summed E-state index contributed by atoms with van der Waals surface area (Å²) >= 11 is 0. The lowest BCUT2D eigenvalue weighted by Gasteiger charge is -2.09. The molecule has 0 saturated heterocycles. The zero-order valence-electron chi connectivity index (χ0n) is 29.4. The molecule has 0 aliphatic carbocycles. The van der Waals surface area contributed by atoms with Crippen molar-refractivity contribution in [2.24, 2.45) is 0 Å².